The maximum atomic E-state index is 12.8. The van der Waals surface area contributed by atoms with Crippen molar-refractivity contribution in [2.24, 2.45) is 0 Å². The number of amides is 1. The van der Waals surface area contributed by atoms with E-state index in [9.17, 15) is 4.79 Å². The minimum Gasteiger partial charge on any atom is -0.285 e. The van der Waals surface area contributed by atoms with Crippen LogP contribution in [0, 0.1) is 20.8 Å². The van der Waals surface area contributed by atoms with Gasteiger partial charge in [0, 0.05) is 18.5 Å². The number of rotatable bonds is 2. The van der Waals surface area contributed by atoms with Gasteiger partial charge in [-0.15, -0.1) is 0 Å². The van der Waals surface area contributed by atoms with Crippen LogP contribution in [0.5, 0.6) is 0 Å². The second-order valence-corrected chi connectivity index (χ2v) is 8.06. The lowest BCUT2D eigenvalue weighted by atomic mass is 9.91. The average Bonchev–Trinajstić information content (AvgIpc) is 2.89. The van der Waals surface area contributed by atoms with Gasteiger partial charge in [0.1, 0.15) is 11.5 Å². The Morgan fingerprint density at radius 3 is 2.23 bits per heavy atom. The number of aromatic nitrogens is 2. The molecule has 4 heteroatoms. The predicted molar refractivity (Wildman–Crippen MR) is 107 cm³/mol. The van der Waals surface area contributed by atoms with Gasteiger partial charge >= 0.3 is 0 Å². The average molecular weight is 349 g/mol. The monoisotopic (exact) mass is 349 g/mol. The van der Waals surface area contributed by atoms with Crippen LogP contribution in [0.2, 0.25) is 0 Å². The summed E-state index contributed by atoms with van der Waals surface area (Å²) in [6, 6.07) is 10.2. The predicted octanol–water partition coefficient (Wildman–Crippen LogP) is 5.24. The number of carbonyl (C=O) groups excluding carboxylic acids is 1. The molecule has 0 atom stereocenters. The van der Waals surface area contributed by atoms with Crippen LogP contribution in [0.1, 0.15) is 50.1 Å². The highest BCUT2D eigenvalue weighted by atomic mass is 16.2. The van der Waals surface area contributed by atoms with Crippen molar-refractivity contribution in [3.8, 4) is 0 Å². The Kier molecular flexibility index (Phi) is 4.39. The molecule has 2 aromatic heterocycles. The van der Waals surface area contributed by atoms with Crippen LogP contribution in [0.4, 0.5) is 11.5 Å². The van der Waals surface area contributed by atoms with E-state index in [1.54, 1.807) is 6.92 Å². The van der Waals surface area contributed by atoms with Gasteiger partial charge < -0.3 is 0 Å². The Labute approximate surface area is 155 Å². The highest BCUT2D eigenvalue weighted by molar-refractivity contribution is 6.01. The van der Waals surface area contributed by atoms with Crippen molar-refractivity contribution in [1.82, 2.24) is 9.38 Å². The molecule has 1 aromatic carbocycles. The van der Waals surface area contributed by atoms with E-state index in [1.165, 1.54) is 0 Å². The third-order valence-corrected chi connectivity index (χ3v) is 4.66. The van der Waals surface area contributed by atoms with E-state index in [4.69, 9.17) is 4.98 Å². The number of fused-ring (bicyclic) bond motifs is 1. The summed E-state index contributed by atoms with van der Waals surface area (Å²) in [7, 11) is 0. The molecular formula is C22H27N3O. The van der Waals surface area contributed by atoms with Gasteiger partial charge in [0.05, 0.1) is 11.4 Å². The van der Waals surface area contributed by atoms with Crippen molar-refractivity contribution >= 4 is 23.1 Å². The number of imidazole rings is 1. The molecule has 0 radical (unpaired) electrons. The molecule has 0 fully saturated rings. The second-order valence-electron chi connectivity index (χ2n) is 8.06. The molecule has 0 bridgehead atoms. The van der Waals surface area contributed by atoms with Gasteiger partial charge in [-0.1, -0.05) is 39.0 Å². The number of carbonyl (C=O) groups is 1. The Hall–Kier alpha value is -2.62. The Balaban J connectivity index is 2.42. The van der Waals surface area contributed by atoms with Crippen LogP contribution < -0.4 is 4.90 Å². The van der Waals surface area contributed by atoms with E-state index in [0.29, 0.717) is 0 Å². The summed E-state index contributed by atoms with van der Waals surface area (Å²) >= 11 is 0. The second kappa shape index (κ2) is 6.27. The number of aryl methyl sites for hydroxylation is 3. The fraction of sp³-hybridized carbons (Fsp3) is 0.364. The summed E-state index contributed by atoms with van der Waals surface area (Å²) in [5.74, 6) is 0.813. The summed E-state index contributed by atoms with van der Waals surface area (Å²) in [5, 5.41) is 0. The normalized spacial score (nSPS) is 11.8. The van der Waals surface area contributed by atoms with E-state index in [0.717, 1.165) is 39.5 Å². The van der Waals surface area contributed by atoms with Crippen molar-refractivity contribution in [3.63, 3.8) is 0 Å². The zero-order valence-electron chi connectivity index (χ0n) is 16.7. The molecule has 0 saturated carbocycles. The summed E-state index contributed by atoms with van der Waals surface area (Å²) < 4.78 is 2.03. The fourth-order valence-corrected chi connectivity index (χ4v) is 3.42. The third kappa shape index (κ3) is 3.00. The first kappa shape index (κ1) is 18.2. The van der Waals surface area contributed by atoms with Crippen LogP contribution in [0.3, 0.4) is 0 Å². The van der Waals surface area contributed by atoms with E-state index in [2.05, 4.69) is 33.8 Å². The van der Waals surface area contributed by atoms with Crippen LogP contribution in [-0.4, -0.2) is 15.3 Å². The number of benzene rings is 1. The number of pyridine rings is 1. The molecule has 0 aliphatic carbocycles. The van der Waals surface area contributed by atoms with Gasteiger partial charge in [-0.25, -0.2) is 4.98 Å². The quantitative estimate of drug-likeness (QED) is 0.634. The van der Waals surface area contributed by atoms with Gasteiger partial charge in [0.2, 0.25) is 5.91 Å². The maximum absolute atomic E-state index is 12.8. The summed E-state index contributed by atoms with van der Waals surface area (Å²) in [6.07, 6.45) is 2.01. The van der Waals surface area contributed by atoms with Crippen molar-refractivity contribution in [3.05, 3.63) is 58.9 Å². The van der Waals surface area contributed by atoms with E-state index >= 15 is 0 Å². The largest absolute Gasteiger partial charge is 0.285 e. The minimum atomic E-state index is -0.195. The van der Waals surface area contributed by atoms with Crippen LogP contribution in [0.15, 0.2) is 36.5 Å². The third-order valence-electron chi connectivity index (χ3n) is 4.66. The molecule has 0 aliphatic rings. The molecule has 2 heterocycles. The topological polar surface area (TPSA) is 37.6 Å². The van der Waals surface area contributed by atoms with E-state index in [1.807, 2.05) is 53.6 Å². The highest BCUT2D eigenvalue weighted by Gasteiger charge is 2.31. The molecule has 1 amide bonds. The number of anilines is 2. The van der Waals surface area contributed by atoms with Crippen LogP contribution in [0.25, 0.3) is 5.65 Å². The lowest BCUT2D eigenvalue weighted by molar-refractivity contribution is -0.115. The van der Waals surface area contributed by atoms with Crippen molar-refractivity contribution in [2.75, 3.05) is 4.90 Å². The van der Waals surface area contributed by atoms with Gasteiger partial charge in [-0.2, -0.15) is 0 Å². The zero-order valence-corrected chi connectivity index (χ0v) is 16.7. The SMILES string of the molecule is CC(=O)N(c1c(C)cccc1C)c1c(C(C)(C)C)nc2cc(C)ccn12. The molecule has 26 heavy (non-hydrogen) atoms. The first-order valence-corrected chi connectivity index (χ1v) is 8.97. The number of para-hydroxylation sites is 1. The Morgan fingerprint density at radius 1 is 1.08 bits per heavy atom. The molecule has 0 aliphatic heterocycles. The summed E-state index contributed by atoms with van der Waals surface area (Å²) in [6.45, 7) is 14.2. The highest BCUT2D eigenvalue weighted by Crippen LogP contribution is 2.39. The maximum Gasteiger partial charge on any atom is 0.229 e. The molecule has 4 nitrogen and oxygen atoms in total. The standard InChI is InChI=1S/C22H27N3O/c1-14-11-12-24-18(13-14)23-20(22(5,6)7)21(24)25(17(4)26)19-15(2)9-8-10-16(19)3/h8-13H,1-7H3. The number of hydrogen-bond acceptors (Lipinski definition) is 2. The number of hydrogen-bond donors (Lipinski definition) is 0. The summed E-state index contributed by atoms with van der Waals surface area (Å²) in [4.78, 5) is 19.5. The lowest BCUT2D eigenvalue weighted by Gasteiger charge is -2.28. The Morgan fingerprint density at radius 2 is 1.69 bits per heavy atom. The van der Waals surface area contributed by atoms with Gasteiger partial charge in [-0.3, -0.25) is 14.1 Å². The molecule has 0 unspecified atom stereocenters. The van der Waals surface area contributed by atoms with E-state index in [-0.39, 0.29) is 11.3 Å². The first-order chi connectivity index (χ1) is 12.1. The van der Waals surface area contributed by atoms with E-state index < -0.39 is 0 Å². The van der Waals surface area contributed by atoms with Crippen LogP contribution >= 0.6 is 0 Å². The van der Waals surface area contributed by atoms with Crippen molar-refractivity contribution in [2.45, 2.75) is 53.9 Å². The fourth-order valence-electron chi connectivity index (χ4n) is 3.42. The molecule has 0 saturated heterocycles. The van der Waals surface area contributed by atoms with Crippen molar-refractivity contribution < 1.29 is 4.79 Å². The van der Waals surface area contributed by atoms with Crippen LogP contribution in [-0.2, 0) is 10.2 Å². The van der Waals surface area contributed by atoms with Gasteiger partial charge in [0.25, 0.3) is 0 Å². The first-order valence-electron chi connectivity index (χ1n) is 8.97. The lowest BCUT2D eigenvalue weighted by Crippen LogP contribution is -2.29. The smallest absolute Gasteiger partial charge is 0.229 e. The Bertz CT molecular complexity index is 972. The molecule has 0 N–H and O–H groups in total. The zero-order chi connectivity index (χ0) is 19.2. The molecular weight excluding hydrogens is 322 g/mol. The molecule has 136 valence electrons. The minimum absolute atomic E-state index is 0.0183. The molecule has 0 spiro atoms. The van der Waals surface area contributed by atoms with Gasteiger partial charge in [-0.05, 0) is 49.6 Å². The van der Waals surface area contributed by atoms with Gasteiger partial charge in [0.15, 0.2) is 0 Å². The van der Waals surface area contributed by atoms with Crippen molar-refractivity contribution in [1.29, 1.82) is 0 Å². The molecule has 3 rings (SSSR count). The summed E-state index contributed by atoms with van der Waals surface area (Å²) in [5.41, 5.74) is 5.82. The molecule has 3 aromatic rings. The number of nitrogens with zero attached hydrogens (tertiary/aromatic N) is 3.